The van der Waals surface area contributed by atoms with Crippen molar-refractivity contribution in [1.82, 2.24) is 5.32 Å². The monoisotopic (exact) mass is 174 g/mol. The van der Waals surface area contributed by atoms with Gasteiger partial charge in [-0.05, 0) is 18.9 Å². The van der Waals surface area contributed by atoms with Gasteiger partial charge in [-0.15, -0.1) is 0 Å². The molecule has 1 atom stereocenters. The number of carbonyl (C=O) groups excluding carboxylic acids is 1. The van der Waals surface area contributed by atoms with Gasteiger partial charge in [0, 0.05) is 6.54 Å². The fourth-order valence-electron chi connectivity index (χ4n) is 0.546. The summed E-state index contributed by atoms with van der Waals surface area (Å²) in [5.74, 6) is -0.350. The van der Waals surface area contributed by atoms with Crippen molar-refractivity contribution in [2.24, 2.45) is 11.1 Å². The Hall–Kier alpha value is -0.610. The lowest BCUT2D eigenvalue weighted by atomic mass is 9.94. The van der Waals surface area contributed by atoms with Crippen LogP contribution in [0, 0.1) is 5.41 Å². The molecule has 4 nitrogen and oxygen atoms in total. The second-order valence-electron chi connectivity index (χ2n) is 3.76. The standard InChI is InChI=1S/C8H18N2O2/c1-6(11)7(12)10-5-8(2,3)4-9/h6,11H,4-5,9H2,1-3H3,(H,10,12). The van der Waals surface area contributed by atoms with Crippen LogP contribution in [-0.4, -0.2) is 30.2 Å². The van der Waals surface area contributed by atoms with E-state index in [4.69, 9.17) is 10.8 Å². The quantitative estimate of drug-likeness (QED) is 0.536. The van der Waals surface area contributed by atoms with Gasteiger partial charge in [0.2, 0.25) is 5.91 Å². The molecule has 0 fully saturated rings. The Morgan fingerprint density at radius 3 is 2.50 bits per heavy atom. The van der Waals surface area contributed by atoms with Crippen LogP contribution in [0.15, 0.2) is 0 Å². The molecule has 0 aliphatic carbocycles. The van der Waals surface area contributed by atoms with E-state index in [9.17, 15) is 4.79 Å². The lowest BCUT2D eigenvalue weighted by molar-refractivity contribution is -0.128. The largest absolute Gasteiger partial charge is 0.384 e. The van der Waals surface area contributed by atoms with Crippen molar-refractivity contribution < 1.29 is 9.90 Å². The molecule has 0 aromatic heterocycles. The topological polar surface area (TPSA) is 75.3 Å². The first-order chi connectivity index (χ1) is 5.39. The van der Waals surface area contributed by atoms with E-state index in [2.05, 4.69) is 5.32 Å². The van der Waals surface area contributed by atoms with Crippen LogP contribution in [-0.2, 0) is 4.79 Å². The van der Waals surface area contributed by atoms with E-state index in [0.717, 1.165) is 0 Å². The normalized spacial score (nSPS) is 14.1. The summed E-state index contributed by atoms with van der Waals surface area (Å²) in [7, 11) is 0. The van der Waals surface area contributed by atoms with Crippen molar-refractivity contribution in [3.63, 3.8) is 0 Å². The lowest BCUT2D eigenvalue weighted by Crippen LogP contribution is -2.41. The van der Waals surface area contributed by atoms with Gasteiger partial charge in [-0.25, -0.2) is 0 Å². The predicted octanol–water partition coefficient (Wildman–Crippen LogP) is -0.532. The molecule has 0 aromatic rings. The van der Waals surface area contributed by atoms with Crippen LogP contribution in [0.2, 0.25) is 0 Å². The first-order valence-corrected chi connectivity index (χ1v) is 4.05. The molecule has 0 saturated heterocycles. The summed E-state index contributed by atoms with van der Waals surface area (Å²) < 4.78 is 0. The van der Waals surface area contributed by atoms with Crippen LogP contribution in [0.5, 0.6) is 0 Å². The zero-order chi connectivity index (χ0) is 9.78. The second-order valence-corrected chi connectivity index (χ2v) is 3.76. The number of carbonyl (C=O) groups is 1. The fraction of sp³-hybridized carbons (Fsp3) is 0.875. The van der Waals surface area contributed by atoms with Crippen LogP contribution in [0.3, 0.4) is 0 Å². The highest BCUT2D eigenvalue weighted by Crippen LogP contribution is 2.09. The number of nitrogens with one attached hydrogen (secondary N) is 1. The van der Waals surface area contributed by atoms with Gasteiger partial charge < -0.3 is 16.2 Å². The van der Waals surface area contributed by atoms with Crippen molar-refractivity contribution in [2.75, 3.05) is 13.1 Å². The molecule has 4 N–H and O–H groups in total. The van der Waals surface area contributed by atoms with E-state index in [1.807, 2.05) is 13.8 Å². The first kappa shape index (κ1) is 11.4. The molecule has 0 spiro atoms. The second kappa shape index (κ2) is 4.42. The van der Waals surface area contributed by atoms with Crippen LogP contribution >= 0.6 is 0 Å². The summed E-state index contributed by atoms with van der Waals surface area (Å²) in [5, 5.41) is 11.5. The molecular formula is C8H18N2O2. The number of rotatable bonds is 4. The van der Waals surface area contributed by atoms with Crippen molar-refractivity contribution in [3.05, 3.63) is 0 Å². The smallest absolute Gasteiger partial charge is 0.248 e. The predicted molar refractivity (Wildman–Crippen MR) is 47.5 cm³/mol. The molecule has 0 bridgehead atoms. The van der Waals surface area contributed by atoms with E-state index < -0.39 is 6.10 Å². The third-order valence-corrected chi connectivity index (χ3v) is 1.67. The number of hydrogen-bond acceptors (Lipinski definition) is 3. The molecule has 12 heavy (non-hydrogen) atoms. The van der Waals surface area contributed by atoms with E-state index in [0.29, 0.717) is 13.1 Å². The first-order valence-electron chi connectivity index (χ1n) is 4.05. The van der Waals surface area contributed by atoms with E-state index in [1.165, 1.54) is 6.92 Å². The maximum atomic E-state index is 10.9. The van der Waals surface area contributed by atoms with Crippen LogP contribution in [0.4, 0.5) is 0 Å². The molecule has 0 aliphatic heterocycles. The minimum absolute atomic E-state index is 0.107. The highest BCUT2D eigenvalue weighted by Gasteiger charge is 2.17. The Balaban J connectivity index is 3.76. The molecule has 1 amide bonds. The summed E-state index contributed by atoms with van der Waals surface area (Å²) >= 11 is 0. The number of nitrogens with two attached hydrogens (primary N) is 1. The average molecular weight is 174 g/mol. The third-order valence-electron chi connectivity index (χ3n) is 1.67. The summed E-state index contributed by atoms with van der Waals surface area (Å²) in [4.78, 5) is 10.9. The highest BCUT2D eigenvalue weighted by atomic mass is 16.3. The fourth-order valence-corrected chi connectivity index (χ4v) is 0.546. The van der Waals surface area contributed by atoms with Gasteiger partial charge in [-0.3, -0.25) is 4.79 Å². The SMILES string of the molecule is CC(O)C(=O)NCC(C)(C)CN. The zero-order valence-electron chi connectivity index (χ0n) is 7.92. The lowest BCUT2D eigenvalue weighted by Gasteiger charge is -2.22. The van der Waals surface area contributed by atoms with Gasteiger partial charge >= 0.3 is 0 Å². The maximum absolute atomic E-state index is 10.9. The van der Waals surface area contributed by atoms with Gasteiger partial charge in [0.1, 0.15) is 6.10 Å². The molecular weight excluding hydrogens is 156 g/mol. The molecule has 4 heteroatoms. The van der Waals surface area contributed by atoms with Crippen molar-refractivity contribution in [2.45, 2.75) is 26.9 Å². The minimum Gasteiger partial charge on any atom is -0.384 e. The Morgan fingerprint density at radius 1 is 1.67 bits per heavy atom. The molecule has 0 radical (unpaired) electrons. The van der Waals surface area contributed by atoms with Gasteiger partial charge in [-0.1, -0.05) is 13.8 Å². The zero-order valence-corrected chi connectivity index (χ0v) is 7.92. The van der Waals surface area contributed by atoms with Gasteiger partial charge in [0.15, 0.2) is 0 Å². The number of aliphatic hydroxyl groups is 1. The molecule has 0 rings (SSSR count). The van der Waals surface area contributed by atoms with Gasteiger partial charge in [0.25, 0.3) is 0 Å². The molecule has 0 heterocycles. The summed E-state index contributed by atoms with van der Waals surface area (Å²) in [5.41, 5.74) is 5.35. The van der Waals surface area contributed by atoms with Crippen molar-refractivity contribution >= 4 is 5.91 Å². The Bertz CT molecular complexity index is 155. The van der Waals surface area contributed by atoms with E-state index in [-0.39, 0.29) is 11.3 Å². The number of amides is 1. The Kier molecular flexibility index (Phi) is 4.20. The van der Waals surface area contributed by atoms with Crippen LogP contribution in [0.25, 0.3) is 0 Å². The van der Waals surface area contributed by atoms with Crippen molar-refractivity contribution in [1.29, 1.82) is 0 Å². The number of aliphatic hydroxyl groups excluding tert-OH is 1. The molecule has 1 unspecified atom stereocenters. The molecule has 0 aliphatic rings. The van der Waals surface area contributed by atoms with E-state index in [1.54, 1.807) is 0 Å². The number of hydrogen-bond donors (Lipinski definition) is 3. The summed E-state index contributed by atoms with van der Waals surface area (Å²) in [6.07, 6.45) is -0.946. The molecule has 72 valence electrons. The van der Waals surface area contributed by atoms with Crippen LogP contribution in [0.1, 0.15) is 20.8 Å². The Labute approximate surface area is 73.1 Å². The average Bonchev–Trinajstić information content (AvgIpc) is 2.00. The molecule has 0 saturated carbocycles. The van der Waals surface area contributed by atoms with Crippen molar-refractivity contribution in [3.8, 4) is 0 Å². The molecule has 0 aromatic carbocycles. The maximum Gasteiger partial charge on any atom is 0.248 e. The van der Waals surface area contributed by atoms with Gasteiger partial charge in [-0.2, -0.15) is 0 Å². The third kappa shape index (κ3) is 4.31. The Morgan fingerprint density at radius 2 is 2.17 bits per heavy atom. The summed E-state index contributed by atoms with van der Waals surface area (Å²) in [6.45, 7) is 6.34. The minimum atomic E-state index is -0.946. The van der Waals surface area contributed by atoms with E-state index >= 15 is 0 Å². The summed E-state index contributed by atoms with van der Waals surface area (Å²) in [6, 6.07) is 0. The van der Waals surface area contributed by atoms with Crippen LogP contribution < -0.4 is 11.1 Å². The highest BCUT2D eigenvalue weighted by molar-refractivity contribution is 5.79. The van der Waals surface area contributed by atoms with Gasteiger partial charge in [0.05, 0.1) is 0 Å².